The number of anilines is 2. The molecular weight excluding hydrogens is 234 g/mol. The molecule has 0 aliphatic carbocycles. The van der Waals surface area contributed by atoms with Crippen molar-refractivity contribution in [3.63, 3.8) is 0 Å². The summed E-state index contributed by atoms with van der Waals surface area (Å²) in [5, 5.41) is 9.32. The first kappa shape index (κ1) is 13.7. The molecule has 0 bridgehead atoms. The van der Waals surface area contributed by atoms with E-state index < -0.39 is 0 Å². The van der Waals surface area contributed by atoms with Gasteiger partial charge in [0.1, 0.15) is 0 Å². The first-order valence-electron chi connectivity index (χ1n) is 5.71. The fourth-order valence-electron chi connectivity index (χ4n) is 1.72. The van der Waals surface area contributed by atoms with Gasteiger partial charge in [-0.2, -0.15) is 5.26 Å². The molecule has 0 atom stereocenters. The number of halogens is 1. The second-order valence-electron chi connectivity index (χ2n) is 4.46. The van der Waals surface area contributed by atoms with E-state index in [9.17, 15) is 0 Å². The van der Waals surface area contributed by atoms with Crippen LogP contribution >= 0.6 is 11.6 Å². The molecule has 17 heavy (non-hydrogen) atoms. The summed E-state index contributed by atoms with van der Waals surface area (Å²) in [6.07, 6.45) is 0.493. The highest BCUT2D eigenvalue weighted by Crippen LogP contribution is 2.28. The monoisotopic (exact) mass is 251 g/mol. The molecule has 3 nitrogen and oxygen atoms in total. The Morgan fingerprint density at radius 1 is 1.47 bits per heavy atom. The number of nitriles is 1. The molecule has 4 heteroatoms. The van der Waals surface area contributed by atoms with Crippen LogP contribution in [0, 0.1) is 17.2 Å². The SMILES string of the molecule is CC(C)CN(CCC#N)c1ccc(N)cc1Cl. The minimum absolute atomic E-state index is 0.493. The summed E-state index contributed by atoms with van der Waals surface area (Å²) in [5.41, 5.74) is 7.28. The summed E-state index contributed by atoms with van der Waals surface area (Å²) in [6.45, 7) is 5.86. The average Bonchev–Trinajstić information content (AvgIpc) is 2.24. The maximum atomic E-state index is 8.68. The van der Waals surface area contributed by atoms with Crippen LogP contribution < -0.4 is 10.6 Å². The van der Waals surface area contributed by atoms with E-state index in [1.54, 1.807) is 6.07 Å². The van der Waals surface area contributed by atoms with Crippen molar-refractivity contribution in [2.24, 2.45) is 5.92 Å². The highest BCUT2D eigenvalue weighted by molar-refractivity contribution is 6.33. The van der Waals surface area contributed by atoms with Gasteiger partial charge in [-0.3, -0.25) is 0 Å². The third-order valence-electron chi connectivity index (χ3n) is 2.39. The van der Waals surface area contributed by atoms with Gasteiger partial charge >= 0.3 is 0 Å². The highest BCUT2D eigenvalue weighted by atomic mass is 35.5. The Balaban J connectivity index is 2.91. The maximum Gasteiger partial charge on any atom is 0.0660 e. The Morgan fingerprint density at radius 2 is 2.18 bits per heavy atom. The van der Waals surface area contributed by atoms with Gasteiger partial charge in [0.15, 0.2) is 0 Å². The predicted octanol–water partition coefficient (Wildman–Crippen LogP) is 3.30. The number of nitrogen functional groups attached to an aromatic ring is 1. The average molecular weight is 252 g/mol. The van der Waals surface area contributed by atoms with E-state index in [2.05, 4.69) is 24.8 Å². The van der Waals surface area contributed by atoms with Gasteiger partial charge in [-0.15, -0.1) is 0 Å². The minimum atomic E-state index is 0.493. The standard InChI is InChI=1S/C13H18ClN3/c1-10(2)9-17(7-3-6-15)13-5-4-11(16)8-12(13)14/h4-5,8,10H,3,7,9,16H2,1-2H3. The van der Waals surface area contributed by atoms with Crippen LogP contribution in [0.1, 0.15) is 20.3 Å². The lowest BCUT2D eigenvalue weighted by Crippen LogP contribution is -2.28. The Hall–Kier alpha value is -1.40. The minimum Gasteiger partial charge on any atom is -0.399 e. The molecule has 0 amide bonds. The molecular formula is C13H18ClN3. The molecule has 0 saturated heterocycles. The van der Waals surface area contributed by atoms with E-state index in [0.717, 1.165) is 12.2 Å². The van der Waals surface area contributed by atoms with Crippen molar-refractivity contribution in [2.45, 2.75) is 20.3 Å². The molecule has 2 N–H and O–H groups in total. The maximum absolute atomic E-state index is 8.68. The Kier molecular flexibility index (Phi) is 5.11. The second-order valence-corrected chi connectivity index (χ2v) is 4.87. The number of hydrogen-bond acceptors (Lipinski definition) is 3. The molecule has 0 aromatic heterocycles. The fourth-order valence-corrected chi connectivity index (χ4v) is 2.02. The third-order valence-corrected chi connectivity index (χ3v) is 2.69. The Bertz CT molecular complexity index is 410. The van der Waals surface area contributed by atoms with Crippen LogP contribution in [0.25, 0.3) is 0 Å². The number of benzene rings is 1. The first-order valence-corrected chi connectivity index (χ1v) is 6.09. The van der Waals surface area contributed by atoms with Crippen LogP contribution in [-0.2, 0) is 0 Å². The molecule has 0 aliphatic rings. The smallest absolute Gasteiger partial charge is 0.0660 e. The van der Waals surface area contributed by atoms with Crippen molar-refractivity contribution < 1.29 is 0 Å². The van der Waals surface area contributed by atoms with Crippen LogP contribution in [0.5, 0.6) is 0 Å². The van der Waals surface area contributed by atoms with Crippen LogP contribution in [0.3, 0.4) is 0 Å². The van der Waals surface area contributed by atoms with Crippen molar-refractivity contribution in [3.05, 3.63) is 23.2 Å². The van der Waals surface area contributed by atoms with E-state index in [4.69, 9.17) is 22.6 Å². The van der Waals surface area contributed by atoms with Crippen molar-refractivity contribution >= 4 is 23.0 Å². The first-order chi connectivity index (χ1) is 8.04. The molecule has 0 heterocycles. The van der Waals surface area contributed by atoms with Crippen molar-refractivity contribution in [1.82, 2.24) is 0 Å². The van der Waals surface area contributed by atoms with E-state index >= 15 is 0 Å². The van der Waals surface area contributed by atoms with Gasteiger partial charge in [-0.05, 0) is 24.1 Å². The zero-order chi connectivity index (χ0) is 12.8. The van der Waals surface area contributed by atoms with Crippen LogP contribution in [0.2, 0.25) is 5.02 Å². The van der Waals surface area contributed by atoms with E-state index in [-0.39, 0.29) is 0 Å². The van der Waals surface area contributed by atoms with Crippen molar-refractivity contribution in [3.8, 4) is 6.07 Å². The van der Waals surface area contributed by atoms with E-state index in [1.807, 2.05) is 12.1 Å². The lowest BCUT2D eigenvalue weighted by atomic mass is 10.1. The number of nitrogens with zero attached hydrogens (tertiary/aromatic N) is 2. The summed E-state index contributed by atoms with van der Waals surface area (Å²) in [7, 11) is 0. The molecule has 0 saturated carbocycles. The summed E-state index contributed by atoms with van der Waals surface area (Å²) >= 11 is 6.18. The summed E-state index contributed by atoms with van der Waals surface area (Å²) in [5.74, 6) is 0.516. The van der Waals surface area contributed by atoms with E-state index in [1.165, 1.54) is 0 Å². The van der Waals surface area contributed by atoms with Crippen molar-refractivity contribution in [1.29, 1.82) is 5.26 Å². The lowest BCUT2D eigenvalue weighted by molar-refractivity contribution is 0.612. The molecule has 1 rings (SSSR count). The number of rotatable bonds is 5. The number of nitrogens with two attached hydrogens (primary N) is 1. The van der Waals surface area contributed by atoms with Crippen LogP contribution in [-0.4, -0.2) is 13.1 Å². The predicted molar refractivity (Wildman–Crippen MR) is 73.1 cm³/mol. The molecule has 0 radical (unpaired) electrons. The zero-order valence-corrected chi connectivity index (χ0v) is 11.0. The molecule has 92 valence electrons. The highest BCUT2D eigenvalue weighted by Gasteiger charge is 2.11. The van der Waals surface area contributed by atoms with Gasteiger partial charge < -0.3 is 10.6 Å². The summed E-state index contributed by atoms with van der Waals surface area (Å²) < 4.78 is 0. The van der Waals surface area contributed by atoms with E-state index in [0.29, 0.717) is 29.6 Å². The fraction of sp³-hybridized carbons (Fsp3) is 0.462. The van der Waals surface area contributed by atoms with Gasteiger partial charge in [-0.1, -0.05) is 25.4 Å². The van der Waals surface area contributed by atoms with Gasteiger partial charge in [0.05, 0.1) is 23.2 Å². The molecule has 1 aromatic rings. The Labute approximate surface area is 108 Å². The van der Waals surface area contributed by atoms with Crippen LogP contribution in [0.15, 0.2) is 18.2 Å². The lowest BCUT2D eigenvalue weighted by Gasteiger charge is -2.26. The van der Waals surface area contributed by atoms with Gasteiger partial charge in [-0.25, -0.2) is 0 Å². The topological polar surface area (TPSA) is 53.0 Å². The summed E-state index contributed by atoms with van der Waals surface area (Å²) in [4.78, 5) is 2.13. The quantitative estimate of drug-likeness (QED) is 0.817. The third kappa shape index (κ3) is 4.16. The van der Waals surface area contributed by atoms with Gasteiger partial charge in [0.2, 0.25) is 0 Å². The molecule has 0 aliphatic heterocycles. The van der Waals surface area contributed by atoms with Gasteiger partial charge in [0, 0.05) is 18.8 Å². The second kappa shape index (κ2) is 6.36. The van der Waals surface area contributed by atoms with Crippen LogP contribution in [0.4, 0.5) is 11.4 Å². The molecule has 0 unspecified atom stereocenters. The Morgan fingerprint density at radius 3 is 2.71 bits per heavy atom. The largest absolute Gasteiger partial charge is 0.399 e. The molecule has 1 aromatic carbocycles. The number of hydrogen-bond donors (Lipinski definition) is 1. The normalized spacial score (nSPS) is 10.3. The molecule has 0 spiro atoms. The van der Waals surface area contributed by atoms with Crippen molar-refractivity contribution in [2.75, 3.05) is 23.7 Å². The molecule has 0 fully saturated rings. The zero-order valence-electron chi connectivity index (χ0n) is 10.3. The van der Waals surface area contributed by atoms with Gasteiger partial charge in [0.25, 0.3) is 0 Å². The summed E-state index contributed by atoms with van der Waals surface area (Å²) in [6, 6.07) is 7.66.